The third-order valence-electron chi connectivity index (χ3n) is 14.4. The van der Waals surface area contributed by atoms with E-state index in [1.807, 2.05) is 46.7 Å². The van der Waals surface area contributed by atoms with Crippen molar-refractivity contribution in [2.75, 3.05) is 72.5 Å². The van der Waals surface area contributed by atoms with Gasteiger partial charge in [-0.1, -0.05) is 36.3 Å². The topological polar surface area (TPSA) is 172 Å². The lowest BCUT2D eigenvalue weighted by molar-refractivity contribution is -0.464. The number of terminal acetylenes is 1. The zero-order valence-electron chi connectivity index (χ0n) is 38.6. The number of carbonyl (C=O) groups excluding carboxylic acids is 3. The molecular formula is C49H74F2N7O7+. The molecule has 5 N–H and O–H groups in total. The van der Waals surface area contributed by atoms with Crippen LogP contribution in [0, 0.1) is 29.1 Å². The number of hydrogen-bond acceptors (Lipinski definition) is 9. The zero-order valence-corrected chi connectivity index (χ0v) is 38.6. The van der Waals surface area contributed by atoms with Crippen LogP contribution in [0.1, 0.15) is 121 Å². The van der Waals surface area contributed by atoms with Crippen LogP contribution in [-0.2, 0) is 33.3 Å². The quantitative estimate of drug-likeness (QED) is 0.0340. The lowest BCUT2D eigenvalue weighted by Gasteiger charge is -2.52. The van der Waals surface area contributed by atoms with Crippen LogP contribution < -0.4 is 16.4 Å². The molecule has 5 aliphatic rings. The number of fused-ring (bicyclic) bond motifs is 2. The first-order chi connectivity index (χ1) is 31.4. The van der Waals surface area contributed by atoms with E-state index in [4.69, 9.17) is 36.5 Å². The van der Waals surface area contributed by atoms with Gasteiger partial charge in [0.25, 0.3) is 0 Å². The lowest BCUT2D eigenvalue weighted by Crippen LogP contribution is -2.55. The molecule has 0 radical (unpaired) electrons. The van der Waals surface area contributed by atoms with Gasteiger partial charge in [-0.05, 0) is 81.6 Å². The Bertz CT molecular complexity index is 1780. The van der Waals surface area contributed by atoms with Crippen molar-refractivity contribution in [3.63, 3.8) is 0 Å². The van der Waals surface area contributed by atoms with Crippen molar-refractivity contribution in [3.05, 3.63) is 35.9 Å². The van der Waals surface area contributed by atoms with Gasteiger partial charge >= 0.3 is 0 Å². The Labute approximate surface area is 384 Å². The molecule has 2 bridgehead atoms. The van der Waals surface area contributed by atoms with Crippen molar-refractivity contribution in [2.45, 2.75) is 146 Å². The van der Waals surface area contributed by atoms with Crippen LogP contribution in [0.5, 0.6) is 0 Å². The number of ether oxygens (including phenoxy) is 4. The Morgan fingerprint density at radius 1 is 0.908 bits per heavy atom. The number of amidine groups is 2. The van der Waals surface area contributed by atoms with Crippen LogP contribution in [-0.4, -0.2) is 146 Å². The van der Waals surface area contributed by atoms with E-state index in [9.17, 15) is 23.2 Å². The molecule has 16 heteroatoms. The molecule has 6 rings (SSSR count). The van der Waals surface area contributed by atoms with Crippen molar-refractivity contribution in [1.82, 2.24) is 20.4 Å². The fourth-order valence-corrected chi connectivity index (χ4v) is 10.9. The van der Waals surface area contributed by atoms with E-state index >= 15 is 0 Å². The van der Waals surface area contributed by atoms with E-state index in [2.05, 4.69) is 21.5 Å². The zero-order chi connectivity index (χ0) is 46.2. The van der Waals surface area contributed by atoms with Gasteiger partial charge in [-0.3, -0.25) is 19.3 Å². The highest BCUT2D eigenvalue weighted by Crippen LogP contribution is 2.49. The fourth-order valence-electron chi connectivity index (χ4n) is 10.9. The van der Waals surface area contributed by atoms with Crippen LogP contribution in [0.4, 0.5) is 8.78 Å². The summed E-state index contributed by atoms with van der Waals surface area (Å²) in [5.41, 5.74) is 7.67. The average Bonchev–Trinajstić information content (AvgIpc) is 3.83. The standard InChI is InChI=1S/C49H73F2N7O7/c1-3-25-62-27-29-64-31-32-65-30-28-63-26-17-46(60)56-23-20-48(21-24-56)34-39(35-48)54-45(59)11-7-10-44(53)58(36(2)52)43-33-40-12-13-42(43)57(40)22-16-41(37-8-5-4-6-9-37)55-47(61)38-14-18-49(50,51)19-15-38/h1,4-6,8-9,38-43,52-53H,7,10-35H2,2H3,(H2,54,55,59,61)/p+1/t40?,41-,42?,43?/m0/s1. The third kappa shape index (κ3) is 14.7. The molecule has 3 unspecified atom stereocenters. The van der Waals surface area contributed by atoms with E-state index in [-0.39, 0.29) is 79.6 Å². The molecule has 14 nitrogen and oxygen atoms in total. The van der Waals surface area contributed by atoms with E-state index < -0.39 is 11.8 Å². The van der Waals surface area contributed by atoms with Gasteiger partial charge in [-0.2, -0.15) is 5.41 Å². The maximum absolute atomic E-state index is 13.8. The van der Waals surface area contributed by atoms with Gasteiger partial charge in [0, 0.05) is 76.3 Å². The van der Waals surface area contributed by atoms with Crippen molar-refractivity contribution in [2.24, 2.45) is 17.1 Å². The molecule has 2 saturated carbocycles. The number of hydrogen-bond donors (Lipinski definition) is 4. The van der Waals surface area contributed by atoms with E-state index in [0.717, 1.165) is 70.1 Å². The SMILES string of the molecule is C#CCOCCOCCOCCOCCC(=O)N1CCC2(CC1)CC(NC(=O)CCCC(=N)[N+](=C(C)N)C1CC3CCC1N3CC[C@H](NC(=O)C1CCC(F)(F)CC1)c1ccccc1)C2. The Morgan fingerprint density at radius 2 is 1.55 bits per heavy atom. The second-order valence-corrected chi connectivity index (χ2v) is 18.9. The first kappa shape index (κ1) is 50.4. The van der Waals surface area contributed by atoms with Crippen LogP contribution >= 0.6 is 0 Å². The summed E-state index contributed by atoms with van der Waals surface area (Å²) < 4.78 is 51.3. The second kappa shape index (κ2) is 24.7. The number of likely N-dealkylation sites (tertiary alicyclic amines) is 1. The van der Waals surface area contributed by atoms with E-state index in [0.29, 0.717) is 96.1 Å². The molecule has 3 saturated heterocycles. The van der Waals surface area contributed by atoms with Crippen LogP contribution in [0.2, 0.25) is 0 Å². The summed E-state index contributed by atoms with van der Waals surface area (Å²) in [5, 5.41) is 15.6. The number of rotatable bonds is 25. The van der Waals surface area contributed by atoms with Crippen molar-refractivity contribution >= 4 is 29.4 Å². The molecule has 2 aliphatic carbocycles. The van der Waals surface area contributed by atoms with Crippen LogP contribution in [0.15, 0.2) is 30.3 Å². The van der Waals surface area contributed by atoms with Crippen molar-refractivity contribution in [1.29, 1.82) is 5.41 Å². The third-order valence-corrected chi connectivity index (χ3v) is 14.4. The summed E-state index contributed by atoms with van der Waals surface area (Å²) in [6.45, 7) is 7.42. The van der Waals surface area contributed by atoms with Gasteiger partial charge < -0.3 is 40.2 Å². The number of alkyl halides is 2. The first-order valence-corrected chi connectivity index (χ1v) is 24.1. The number of nitrogens with one attached hydrogen (secondary N) is 3. The molecule has 4 atom stereocenters. The molecule has 0 aromatic heterocycles. The highest BCUT2D eigenvalue weighted by molar-refractivity contribution is 5.83. The smallest absolute Gasteiger partial charge is 0.248 e. The fraction of sp³-hybridized carbons (Fsp3) is 0.735. The molecule has 360 valence electrons. The Hall–Kier alpha value is -4.01. The van der Waals surface area contributed by atoms with E-state index in [1.54, 1.807) is 0 Å². The van der Waals surface area contributed by atoms with Gasteiger partial charge in [-0.25, -0.2) is 13.4 Å². The average molecular weight is 911 g/mol. The van der Waals surface area contributed by atoms with E-state index in [1.165, 1.54) is 0 Å². The van der Waals surface area contributed by atoms with Gasteiger partial charge in [0.1, 0.15) is 6.61 Å². The molecule has 65 heavy (non-hydrogen) atoms. The minimum absolute atomic E-state index is 0.0127. The molecule has 1 aromatic carbocycles. The Morgan fingerprint density at radius 3 is 2.20 bits per heavy atom. The minimum Gasteiger partial charge on any atom is -0.379 e. The predicted octanol–water partition coefficient (Wildman–Crippen LogP) is 5.18. The van der Waals surface area contributed by atoms with Crippen LogP contribution in [0.25, 0.3) is 0 Å². The highest BCUT2D eigenvalue weighted by atomic mass is 19.3. The molecule has 3 aliphatic heterocycles. The monoisotopic (exact) mass is 911 g/mol. The number of amides is 3. The number of piperidine rings is 1. The normalized spacial score (nSPS) is 23.7. The number of halogens is 2. The minimum atomic E-state index is -2.68. The molecular weight excluding hydrogens is 837 g/mol. The summed E-state index contributed by atoms with van der Waals surface area (Å²) in [5.74, 6) is 0.327. The predicted molar refractivity (Wildman–Crippen MR) is 244 cm³/mol. The summed E-state index contributed by atoms with van der Waals surface area (Å²) in [6.07, 6.45) is 14.1. The van der Waals surface area contributed by atoms with Gasteiger partial charge in [-0.15, -0.1) is 6.42 Å². The molecule has 1 aromatic rings. The van der Waals surface area contributed by atoms with Crippen molar-refractivity contribution in [3.8, 4) is 12.3 Å². The number of nitrogens with two attached hydrogens (primary N) is 1. The first-order valence-electron chi connectivity index (χ1n) is 24.1. The Kier molecular flexibility index (Phi) is 19.1. The van der Waals surface area contributed by atoms with Crippen molar-refractivity contribution < 1.29 is 46.7 Å². The highest BCUT2D eigenvalue weighted by Gasteiger charge is 2.50. The number of carbonyl (C=O) groups is 3. The summed E-state index contributed by atoms with van der Waals surface area (Å²) in [6, 6.07) is 10.4. The van der Waals surface area contributed by atoms with Gasteiger partial charge in [0.05, 0.1) is 64.8 Å². The second-order valence-electron chi connectivity index (χ2n) is 18.9. The van der Waals surface area contributed by atoms with Gasteiger partial charge in [0.15, 0.2) is 5.84 Å². The Balaban J connectivity index is 0.847. The molecule has 5 fully saturated rings. The van der Waals surface area contributed by atoms with Gasteiger partial charge in [0.2, 0.25) is 29.5 Å². The molecule has 1 spiro atoms. The largest absolute Gasteiger partial charge is 0.379 e. The summed E-state index contributed by atoms with van der Waals surface area (Å²) >= 11 is 0. The molecule has 3 heterocycles. The lowest BCUT2D eigenvalue weighted by atomic mass is 9.60. The summed E-state index contributed by atoms with van der Waals surface area (Å²) in [7, 11) is 0. The molecule has 3 amide bonds. The summed E-state index contributed by atoms with van der Waals surface area (Å²) in [4.78, 5) is 43.7. The van der Waals surface area contributed by atoms with Crippen LogP contribution in [0.3, 0.4) is 0 Å². The number of nitrogens with zero attached hydrogens (tertiary/aromatic N) is 3. The number of benzene rings is 1. The maximum atomic E-state index is 13.8. The maximum Gasteiger partial charge on any atom is 0.248 e.